The number of nitrogens with one attached hydrogen (secondary N) is 1. The Hall–Kier alpha value is -1.55. The first kappa shape index (κ1) is 13.4. The smallest absolute Gasteiger partial charge is 0.233 e. The van der Waals surface area contributed by atoms with E-state index in [1.54, 1.807) is 7.11 Å². The highest BCUT2D eigenvalue weighted by Crippen LogP contribution is 2.42. The molecule has 0 radical (unpaired) electrons. The van der Waals surface area contributed by atoms with Gasteiger partial charge >= 0.3 is 0 Å². The highest BCUT2D eigenvalue weighted by Gasteiger charge is 2.45. The minimum Gasteiger partial charge on any atom is -0.495 e. The molecule has 2 heterocycles. The number of carbonyl (C=O) groups excluding carboxylic acids is 1. The van der Waals surface area contributed by atoms with Gasteiger partial charge in [-0.25, -0.2) is 0 Å². The van der Waals surface area contributed by atoms with Gasteiger partial charge in [-0.3, -0.25) is 4.79 Å². The Kier molecular flexibility index (Phi) is 3.66. The first-order valence-electron chi connectivity index (χ1n) is 7.43. The highest BCUT2D eigenvalue weighted by molar-refractivity contribution is 5.99. The molecule has 20 heavy (non-hydrogen) atoms. The number of anilines is 1. The molecule has 2 saturated heterocycles. The number of benzene rings is 1. The number of rotatable bonds is 2. The fraction of sp³-hybridized carbons (Fsp3) is 0.562. The van der Waals surface area contributed by atoms with E-state index in [1.165, 1.54) is 0 Å². The number of amides is 1. The molecule has 1 N–H and O–H groups in total. The summed E-state index contributed by atoms with van der Waals surface area (Å²) in [7, 11) is 1.66. The summed E-state index contributed by atoms with van der Waals surface area (Å²) in [5.41, 5.74) is 0.766. The summed E-state index contributed by atoms with van der Waals surface area (Å²) in [6.07, 6.45) is 4.01. The molecular weight excluding hydrogens is 252 g/mol. The Morgan fingerprint density at radius 2 is 1.95 bits per heavy atom. The quantitative estimate of drug-likeness (QED) is 0.899. The van der Waals surface area contributed by atoms with Crippen molar-refractivity contribution < 1.29 is 9.53 Å². The van der Waals surface area contributed by atoms with E-state index in [2.05, 4.69) is 5.32 Å². The lowest BCUT2D eigenvalue weighted by Crippen LogP contribution is -2.53. The number of ether oxygens (including phenoxy) is 1. The molecule has 0 aliphatic carbocycles. The molecule has 4 nitrogen and oxygen atoms in total. The number of para-hydroxylation sites is 2. The molecule has 0 aromatic heterocycles. The van der Waals surface area contributed by atoms with Gasteiger partial charge in [-0.05, 0) is 50.9 Å². The van der Waals surface area contributed by atoms with Crippen LogP contribution in [-0.4, -0.2) is 32.7 Å². The van der Waals surface area contributed by atoms with E-state index in [0.717, 1.165) is 56.8 Å². The standard InChI is InChI=1S/C16H22N2O2/c1-20-14-6-3-2-5-13(14)18-12-4-7-16(15(18)19)8-10-17-11-9-16/h2-3,5-6,17H,4,7-12H2,1H3. The van der Waals surface area contributed by atoms with Crippen molar-refractivity contribution in [1.82, 2.24) is 5.32 Å². The van der Waals surface area contributed by atoms with Crippen LogP contribution in [0.2, 0.25) is 0 Å². The van der Waals surface area contributed by atoms with Gasteiger partial charge in [0.25, 0.3) is 0 Å². The largest absolute Gasteiger partial charge is 0.495 e. The van der Waals surface area contributed by atoms with Gasteiger partial charge in [0.2, 0.25) is 5.91 Å². The van der Waals surface area contributed by atoms with E-state index in [0.29, 0.717) is 0 Å². The molecule has 2 fully saturated rings. The average Bonchev–Trinajstić information content (AvgIpc) is 2.51. The zero-order chi connectivity index (χ0) is 14.0. The second kappa shape index (κ2) is 5.44. The van der Waals surface area contributed by atoms with Crippen LogP contribution in [-0.2, 0) is 4.79 Å². The third-order valence-electron chi connectivity index (χ3n) is 4.67. The average molecular weight is 274 g/mol. The SMILES string of the molecule is COc1ccccc1N1CCCC2(CCNCC2)C1=O. The van der Waals surface area contributed by atoms with Crippen molar-refractivity contribution in [1.29, 1.82) is 0 Å². The van der Waals surface area contributed by atoms with Crippen LogP contribution in [0.15, 0.2) is 24.3 Å². The fourth-order valence-corrected chi connectivity index (χ4v) is 3.52. The summed E-state index contributed by atoms with van der Waals surface area (Å²) >= 11 is 0. The van der Waals surface area contributed by atoms with Crippen molar-refractivity contribution in [3.05, 3.63) is 24.3 Å². The van der Waals surface area contributed by atoms with E-state index in [9.17, 15) is 4.79 Å². The third-order valence-corrected chi connectivity index (χ3v) is 4.67. The maximum Gasteiger partial charge on any atom is 0.233 e. The van der Waals surface area contributed by atoms with Crippen LogP contribution in [0.25, 0.3) is 0 Å². The molecule has 1 aromatic rings. The van der Waals surface area contributed by atoms with Crippen molar-refractivity contribution in [2.24, 2.45) is 5.41 Å². The van der Waals surface area contributed by atoms with Crippen LogP contribution in [0.1, 0.15) is 25.7 Å². The molecule has 0 unspecified atom stereocenters. The molecule has 0 atom stereocenters. The normalized spacial score (nSPS) is 22.1. The van der Waals surface area contributed by atoms with Gasteiger partial charge in [-0.15, -0.1) is 0 Å². The summed E-state index contributed by atoms with van der Waals surface area (Å²) in [6.45, 7) is 2.70. The van der Waals surface area contributed by atoms with Crippen molar-refractivity contribution >= 4 is 11.6 Å². The lowest BCUT2D eigenvalue weighted by Gasteiger charge is -2.44. The van der Waals surface area contributed by atoms with Crippen molar-refractivity contribution in [2.45, 2.75) is 25.7 Å². The van der Waals surface area contributed by atoms with Gasteiger partial charge in [0.15, 0.2) is 0 Å². The predicted molar refractivity (Wildman–Crippen MR) is 79.1 cm³/mol. The Morgan fingerprint density at radius 3 is 2.70 bits per heavy atom. The van der Waals surface area contributed by atoms with Gasteiger partial charge in [0.1, 0.15) is 5.75 Å². The highest BCUT2D eigenvalue weighted by atomic mass is 16.5. The Balaban J connectivity index is 1.91. The first-order chi connectivity index (χ1) is 9.77. The molecule has 2 aliphatic heterocycles. The monoisotopic (exact) mass is 274 g/mol. The van der Waals surface area contributed by atoms with Gasteiger partial charge in [0, 0.05) is 6.54 Å². The summed E-state index contributed by atoms with van der Waals surface area (Å²) in [4.78, 5) is 15.0. The molecule has 2 aliphatic rings. The predicted octanol–water partition coefficient (Wildman–Crippen LogP) is 2.19. The Bertz CT molecular complexity index is 489. The number of hydrogen-bond acceptors (Lipinski definition) is 3. The van der Waals surface area contributed by atoms with Crippen molar-refractivity contribution in [3.63, 3.8) is 0 Å². The molecule has 0 bridgehead atoms. The molecule has 4 heteroatoms. The lowest BCUT2D eigenvalue weighted by atomic mass is 9.72. The summed E-state index contributed by atoms with van der Waals surface area (Å²) < 4.78 is 5.42. The number of nitrogens with zero attached hydrogens (tertiary/aromatic N) is 1. The molecule has 108 valence electrons. The summed E-state index contributed by atoms with van der Waals surface area (Å²) in [6, 6.07) is 7.81. The minimum absolute atomic E-state index is 0.148. The molecular formula is C16H22N2O2. The third kappa shape index (κ3) is 2.18. The van der Waals surface area contributed by atoms with Crippen molar-refractivity contribution in [2.75, 3.05) is 31.6 Å². The van der Waals surface area contributed by atoms with Crippen LogP contribution in [0.4, 0.5) is 5.69 Å². The van der Waals surface area contributed by atoms with Gasteiger partial charge in [-0.1, -0.05) is 12.1 Å². The summed E-state index contributed by atoms with van der Waals surface area (Å²) in [5, 5.41) is 3.36. The number of carbonyl (C=O) groups is 1. The van der Waals surface area contributed by atoms with Crippen LogP contribution >= 0.6 is 0 Å². The second-order valence-corrected chi connectivity index (χ2v) is 5.76. The van der Waals surface area contributed by atoms with Crippen LogP contribution in [0, 0.1) is 5.41 Å². The zero-order valence-electron chi connectivity index (χ0n) is 12.0. The Morgan fingerprint density at radius 1 is 1.20 bits per heavy atom. The van der Waals surface area contributed by atoms with Gasteiger partial charge < -0.3 is 15.0 Å². The maximum absolute atomic E-state index is 13.0. The van der Waals surface area contributed by atoms with E-state index in [-0.39, 0.29) is 11.3 Å². The molecule has 0 saturated carbocycles. The number of methoxy groups -OCH3 is 1. The summed E-state index contributed by atoms with van der Waals surface area (Å²) in [5.74, 6) is 1.07. The van der Waals surface area contributed by atoms with Crippen LogP contribution in [0.5, 0.6) is 5.75 Å². The fourth-order valence-electron chi connectivity index (χ4n) is 3.52. The van der Waals surface area contributed by atoms with Gasteiger partial charge in [0.05, 0.1) is 18.2 Å². The molecule has 3 rings (SSSR count). The molecule has 1 amide bonds. The van der Waals surface area contributed by atoms with E-state index in [4.69, 9.17) is 4.74 Å². The van der Waals surface area contributed by atoms with Crippen LogP contribution < -0.4 is 15.0 Å². The lowest BCUT2D eigenvalue weighted by molar-refractivity contribution is -0.132. The molecule has 1 spiro atoms. The van der Waals surface area contributed by atoms with Crippen molar-refractivity contribution in [3.8, 4) is 5.75 Å². The molecule has 1 aromatic carbocycles. The maximum atomic E-state index is 13.0. The van der Waals surface area contributed by atoms with Crippen LogP contribution in [0.3, 0.4) is 0 Å². The zero-order valence-corrected chi connectivity index (χ0v) is 12.0. The van der Waals surface area contributed by atoms with E-state index in [1.807, 2.05) is 29.2 Å². The number of piperidine rings is 2. The topological polar surface area (TPSA) is 41.6 Å². The number of hydrogen-bond donors (Lipinski definition) is 1. The first-order valence-corrected chi connectivity index (χ1v) is 7.43. The second-order valence-electron chi connectivity index (χ2n) is 5.76. The Labute approximate surface area is 120 Å². The van der Waals surface area contributed by atoms with E-state index >= 15 is 0 Å². The van der Waals surface area contributed by atoms with Gasteiger partial charge in [-0.2, -0.15) is 0 Å². The van der Waals surface area contributed by atoms with E-state index < -0.39 is 0 Å². The minimum atomic E-state index is -0.148.